The normalized spacial score (nSPS) is 18.1. The van der Waals surface area contributed by atoms with Crippen LogP contribution in [-0.4, -0.2) is 43.9 Å². The summed E-state index contributed by atoms with van der Waals surface area (Å²) in [5, 5.41) is 7.55. The van der Waals surface area contributed by atoms with Gasteiger partial charge in [0.1, 0.15) is 0 Å². The van der Waals surface area contributed by atoms with Crippen molar-refractivity contribution in [2.75, 3.05) is 18.9 Å². The predicted molar refractivity (Wildman–Crippen MR) is 93.2 cm³/mol. The van der Waals surface area contributed by atoms with Crippen LogP contribution in [0.15, 0.2) is 24.3 Å². The molecule has 0 unspecified atom stereocenters. The maximum Gasteiger partial charge on any atom is 0.494 e. The topological polar surface area (TPSA) is 88.7 Å². The van der Waals surface area contributed by atoms with Gasteiger partial charge in [-0.15, -0.1) is 0 Å². The molecular formula is C16H24BN3O4. The van der Waals surface area contributed by atoms with Crippen LogP contribution in [0.5, 0.6) is 0 Å². The fourth-order valence-electron chi connectivity index (χ4n) is 2.13. The van der Waals surface area contributed by atoms with E-state index < -0.39 is 24.4 Å². The van der Waals surface area contributed by atoms with Crippen molar-refractivity contribution in [1.29, 1.82) is 0 Å². The van der Waals surface area contributed by atoms with Gasteiger partial charge in [0, 0.05) is 12.7 Å². The van der Waals surface area contributed by atoms with Crippen molar-refractivity contribution in [2.45, 2.75) is 38.9 Å². The molecule has 1 aliphatic heterocycles. The van der Waals surface area contributed by atoms with Gasteiger partial charge in [-0.2, -0.15) is 0 Å². The van der Waals surface area contributed by atoms with Crippen molar-refractivity contribution in [2.24, 2.45) is 0 Å². The molecular weight excluding hydrogens is 309 g/mol. The van der Waals surface area contributed by atoms with E-state index in [1.165, 1.54) is 7.05 Å². The molecule has 130 valence electrons. The van der Waals surface area contributed by atoms with Gasteiger partial charge in [0.25, 0.3) is 0 Å². The summed E-state index contributed by atoms with van der Waals surface area (Å²) in [4.78, 5) is 22.8. The zero-order valence-corrected chi connectivity index (χ0v) is 14.7. The second-order valence-corrected chi connectivity index (χ2v) is 6.69. The highest BCUT2D eigenvalue weighted by Crippen LogP contribution is 2.36. The number of urea groups is 1. The monoisotopic (exact) mass is 333 g/mol. The van der Waals surface area contributed by atoms with E-state index in [4.69, 9.17) is 9.31 Å². The highest BCUT2D eigenvalue weighted by Gasteiger charge is 2.51. The first-order valence-electron chi connectivity index (χ1n) is 7.86. The molecule has 1 heterocycles. The molecule has 7 nitrogen and oxygen atoms in total. The Hall–Kier alpha value is -2.06. The van der Waals surface area contributed by atoms with Gasteiger partial charge in [-0.1, -0.05) is 12.1 Å². The highest BCUT2D eigenvalue weighted by molar-refractivity contribution is 6.62. The van der Waals surface area contributed by atoms with E-state index in [2.05, 4.69) is 16.0 Å². The molecule has 2 rings (SSSR count). The molecule has 0 spiro atoms. The van der Waals surface area contributed by atoms with Crippen LogP contribution in [0.4, 0.5) is 10.5 Å². The Kier molecular flexibility index (Phi) is 5.20. The predicted octanol–water partition coefficient (Wildman–Crippen LogP) is 0.853. The summed E-state index contributed by atoms with van der Waals surface area (Å²) in [5.74, 6) is -0.263. The minimum Gasteiger partial charge on any atom is -0.399 e. The van der Waals surface area contributed by atoms with Crippen LogP contribution >= 0.6 is 0 Å². The molecule has 3 amide bonds. The van der Waals surface area contributed by atoms with Crippen molar-refractivity contribution in [3.63, 3.8) is 0 Å². The summed E-state index contributed by atoms with van der Waals surface area (Å²) in [5.41, 5.74) is 0.706. The first-order valence-corrected chi connectivity index (χ1v) is 7.86. The molecule has 1 aromatic rings. The molecule has 3 N–H and O–H groups in total. The van der Waals surface area contributed by atoms with E-state index in [1.807, 2.05) is 39.8 Å². The third kappa shape index (κ3) is 4.07. The van der Waals surface area contributed by atoms with Crippen LogP contribution in [0.25, 0.3) is 0 Å². The summed E-state index contributed by atoms with van der Waals surface area (Å²) in [6, 6.07) is 6.77. The fraction of sp³-hybridized carbons (Fsp3) is 0.500. The van der Waals surface area contributed by atoms with Crippen molar-refractivity contribution < 1.29 is 18.9 Å². The molecule has 0 atom stereocenters. The van der Waals surface area contributed by atoms with Crippen LogP contribution in [0.3, 0.4) is 0 Å². The highest BCUT2D eigenvalue weighted by atomic mass is 16.7. The van der Waals surface area contributed by atoms with Gasteiger partial charge in [0.05, 0.1) is 17.7 Å². The minimum absolute atomic E-state index is 0.0751. The summed E-state index contributed by atoms with van der Waals surface area (Å²) >= 11 is 0. The number of benzene rings is 1. The lowest BCUT2D eigenvalue weighted by molar-refractivity contribution is -0.119. The second kappa shape index (κ2) is 6.82. The number of hydrogen-bond donors (Lipinski definition) is 3. The van der Waals surface area contributed by atoms with Crippen molar-refractivity contribution >= 4 is 30.2 Å². The van der Waals surface area contributed by atoms with Gasteiger partial charge >= 0.3 is 13.1 Å². The fourth-order valence-corrected chi connectivity index (χ4v) is 2.13. The molecule has 0 radical (unpaired) electrons. The summed E-state index contributed by atoms with van der Waals surface area (Å²) in [6.07, 6.45) is 0. The summed E-state index contributed by atoms with van der Waals surface area (Å²) in [6.45, 7) is 7.92. The van der Waals surface area contributed by atoms with E-state index in [9.17, 15) is 9.59 Å². The van der Waals surface area contributed by atoms with Crippen LogP contribution in [0.2, 0.25) is 0 Å². The minimum atomic E-state index is -0.443. The van der Waals surface area contributed by atoms with Crippen molar-refractivity contribution in [1.82, 2.24) is 10.6 Å². The molecule has 1 aromatic carbocycles. The van der Waals surface area contributed by atoms with Crippen molar-refractivity contribution in [3.8, 4) is 0 Å². The van der Waals surface area contributed by atoms with Crippen LogP contribution < -0.4 is 21.4 Å². The third-order valence-corrected chi connectivity index (χ3v) is 4.38. The maximum atomic E-state index is 11.7. The number of nitrogens with one attached hydrogen (secondary N) is 3. The number of anilines is 1. The van der Waals surface area contributed by atoms with Gasteiger partial charge < -0.3 is 25.3 Å². The summed E-state index contributed by atoms with van der Waals surface area (Å²) < 4.78 is 12.0. The Bertz CT molecular complexity index is 600. The lowest BCUT2D eigenvalue weighted by Crippen LogP contribution is -2.41. The lowest BCUT2D eigenvalue weighted by Gasteiger charge is -2.32. The molecule has 0 bridgehead atoms. The number of likely N-dealkylation sites (N-methyl/N-ethyl adjacent to an activating group) is 1. The van der Waals surface area contributed by atoms with E-state index in [0.29, 0.717) is 5.69 Å². The Morgan fingerprint density at radius 1 is 1.04 bits per heavy atom. The lowest BCUT2D eigenvalue weighted by atomic mass is 9.79. The zero-order valence-electron chi connectivity index (χ0n) is 14.7. The number of rotatable bonds is 4. The van der Waals surface area contributed by atoms with E-state index >= 15 is 0 Å². The average molecular weight is 333 g/mol. The number of carbonyl (C=O) groups excluding carboxylic acids is 2. The number of carbonyl (C=O) groups is 2. The quantitative estimate of drug-likeness (QED) is 0.713. The van der Waals surface area contributed by atoms with E-state index in [-0.39, 0.29) is 12.5 Å². The number of amides is 3. The zero-order chi connectivity index (χ0) is 18.0. The smallest absolute Gasteiger partial charge is 0.399 e. The van der Waals surface area contributed by atoms with Gasteiger partial charge in [-0.3, -0.25) is 4.79 Å². The first-order chi connectivity index (χ1) is 11.1. The molecule has 0 aromatic heterocycles. The molecule has 1 saturated heterocycles. The van der Waals surface area contributed by atoms with Crippen LogP contribution in [0.1, 0.15) is 27.7 Å². The Balaban J connectivity index is 1.94. The van der Waals surface area contributed by atoms with Gasteiger partial charge in [-0.05, 0) is 45.3 Å². The van der Waals surface area contributed by atoms with Gasteiger partial charge in [0.2, 0.25) is 5.91 Å². The van der Waals surface area contributed by atoms with Gasteiger partial charge in [0.15, 0.2) is 0 Å². The SMILES string of the molecule is CNC(=O)CNC(=O)Nc1ccc(B2OC(C)(C)C(C)(C)O2)cc1. The molecule has 1 fully saturated rings. The van der Waals surface area contributed by atoms with Crippen molar-refractivity contribution in [3.05, 3.63) is 24.3 Å². The Labute approximate surface area is 142 Å². The molecule has 8 heteroatoms. The number of hydrogen-bond acceptors (Lipinski definition) is 4. The standard InChI is InChI=1S/C16H24BN3O4/c1-15(2)16(3,4)24-17(23-15)11-6-8-12(9-7-11)20-14(22)19-10-13(21)18-5/h6-9H,10H2,1-5H3,(H,18,21)(H2,19,20,22). The Morgan fingerprint density at radius 3 is 2.08 bits per heavy atom. The third-order valence-electron chi connectivity index (χ3n) is 4.38. The van der Waals surface area contributed by atoms with E-state index in [0.717, 1.165) is 5.46 Å². The molecule has 0 saturated carbocycles. The first kappa shape index (κ1) is 18.3. The van der Waals surface area contributed by atoms with Gasteiger partial charge in [-0.25, -0.2) is 4.79 Å². The molecule has 24 heavy (non-hydrogen) atoms. The molecule has 1 aliphatic rings. The summed E-state index contributed by atoms with van der Waals surface area (Å²) in [7, 11) is 1.07. The largest absolute Gasteiger partial charge is 0.494 e. The second-order valence-electron chi connectivity index (χ2n) is 6.69. The van der Waals surface area contributed by atoms with Crippen LogP contribution in [0, 0.1) is 0 Å². The van der Waals surface area contributed by atoms with E-state index in [1.54, 1.807) is 12.1 Å². The molecule has 0 aliphatic carbocycles. The Morgan fingerprint density at radius 2 is 1.58 bits per heavy atom. The van der Waals surface area contributed by atoms with Crippen LogP contribution in [-0.2, 0) is 14.1 Å². The average Bonchev–Trinajstić information content (AvgIpc) is 2.73. The maximum absolute atomic E-state index is 11.7.